The number of rotatable bonds is 0. The van der Waals surface area contributed by atoms with Crippen molar-refractivity contribution in [2.24, 2.45) is 10.7 Å². The minimum absolute atomic E-state index is 0.587. The number of allylic oxidation sites excluding steroid dienone is 3. The molecule has 2 aliphatic rings. The predicted octanol–water partition coefficient (Wildman–Crippen LogP) is 4.36. The molecule has 0 atom stereocenters. The molecule has 0 unspecified atom stereocenters. The monoisotopic (exact) mass is 293 g/mol. The molecule has 2 aromatic rings. The maximum Gasteiger partial charge on any atom is 0.135 e. The van der Waals surface area contributed by atoms with E-state index in [1.807, 2.05) is 24.3 Å². The summed E-state index contributed by atoms with van der Waals surface area (Å²) in [4.78, 5) is 5.94. The van der Waals surface area contributed by atoms with Crippen LogP contribution >= 0.6 is 11.3 Å². The molecule has 1 aromatic carbocycles. The molecule has 0 fully saturated rings. The number of anilines is 2. The standard InChI is InChI=1S/C17H15N3S/c1-10-5-4-6-11-14(9-10)21-17-15(11)16(18)19-12-7-2-3-8-13(12)20-17/h2-8,20H,9H2,1H3,(H2,18,19). The van der Waals surface area contributed by atoms with Crippen LogP contribution in [0.1, 0.15) is 22.9 Å². The molecule has 1 aromatic heterocycles. The Bertz CT molecular complexity index is 825. The van der Waals surface area contributed by atoms with E-state index in [-0.39, 0.29) is 0 Å². The maximum absolute atomic E-state index is 6.28. The van der Waals surface area contributed by atoms with Crippen molar-refractivity contribution in [2.75, 3.05) is 5.32 Å². The number of benzene rings is 1. The normalized spacial score (nSPS) is 15.7. The third-order valence-electron chi connectivity index (χ3n) is 3.75. The van der Waals surface area contributed by atoms with E-state index in [0.717, 1.165) is 28.4 Å². The molecule has 0 bridgehead atoms. The largest absolute Gasteiger partial charge is 0.383 e. The lowest BCUT2D eigenvalue weighted by atomic mass is 10.1. The lowest BCUT2D eigenvalue weighted by Crippen LogP contribution is -2.13. The quantitative estimate of drug-likeness (QED) is 0.758. The van der Waals surface area contributed by atoms with Crippen molar-refractivity contribution in [3.8, 4) is 0 Å². The van der Waals surface area contributed by atoms with E-state index in [2.05, 4.69) is 35.5 Å². The molecule has 1 aliphatic heterocycles. The molecular formula is C17H15N3S. The average Bonchev–Trinajstić information content (AvgIpc) is 2.59. The number of nitrogens with two attached hydrogens (primary N) is 1. The second-order valence-corrected chi connectivity index (χ2v) is 6.44. The number of hydrogen-bond donors (Lipinski definition) is 2. The van der Waals surface area contributed by atoms with E-state index in [0.29, 0.717) is 5.84 Å². The van der Waals surface area contributed by atoms with Gasteiger partial charge in [0.25, 0.3) is 0 Å². The third-order valence-corrected chi connectivity index (χ3v) is 4.88. The first-order valence-electron chi connectivity index (χ1n) is 6.92. The van der Waals surface area contributed by atoms with Gasteiger partial charge in [-0.15, -0.1) is 11.3 Å². The molecule has 0 saturated carbocycles. The van der Waals surface area contributed by atoms with Crippen molar-refractivity contribution in [3.63, 3.8) is 0 Å². The van der Waals surface area contributed by atoms with Gasteiger partial charge < -0.3 is 11.1 Å². The molecule has 4 rings (SSSR count). The van der Waals surface area contributed by atoms with Gasteiger partial charge in [0.2, 0.25) is 0 Å². The van der Waals surface area contributed by atoms with Gasteiger partial charge in [0.05, 0.1) is 16.9 Å². The fourth-order valence-corrected chi connectivity index (χ4v) is 4.05. The maximum atomic E-state index is 6.28. The van der Waals surface area contributed by atoms with Crippen LogP contribution in [-0.2, 0) is 6.42 Å². The van der Waals surface area contributed by atoms with Gasteiger partial charge in [0.15, 0.2) is 0 Å². The number of thiophene rings is 1. The Balaban J connectivity index is 1.93. The lowest BCUT2D eigenvalue weighted by molar-refractivity contribution is 1.18. The number of fused-ring (bicyclic) bond motifs is 4. The van der Waals surface area contributed by atoms with Gasteiger partial charge in [0, 0.05) is 16.9 Å². The van der Waals surface area contributed by atoms with Crippen LogP contribution in [0, 0.1) is 0 Å². The van der Waals surface area contributed by atoms with Crippen molar-refractivity contribution in [3.05, 3.63) is 58.0 Å². The summed E-state index contributed by atoms with van der Waals surface area (Å²) in [6, 6.07) is 8.00. The van der Waals surface area contributed by atoms with E-state index < -0.39 is 0 Å². The van der Waals surface area contributed by atoms with Crippen LogP contribution in [0.4, 0.5) is 16.4 Å². The molecule has 104 valence electrons. The highest BCUT2D eigenvalue weighted by molar-refractivity contribution is 7.17. The summed E-state index contributed by atoms with van der Waals surface area (Å²) in [5.74, 6) is 0.587. The van der Waals surface area contributed by atoms with Crippen molar-refractivity contribution >= 4 is 39.6 Å². The zero-order chi connectivity index (χ0) is 14.4. The van der Waals surface area contributed by atoms with Gasteiger partial charge in [-0.2, -0.15) is 0 Å². The first-order valence-corrected chi connectivity index (χ1v) is 7.74. The first-order chi connectivity index (χ1) is 10.2. The summed E-state index contributed by atoms with van der Waals surface area (Å²) in [5.41, 5.74) is 11.8. The second kappa shape index (κ2) is 4.60. The minimum atomic E-state index is 0.587. The topological polar surface area (TPSA) is 50.4 Å². The molecule has 0 saturated heterocycles. The Labute approximate surface area is 127 Å². The van der Waals surface area contributed by atoms with Crippen LogP contribution in [0.15, 0.2) is 47.0 Å². The van der Waals surface area contributed by atoms with Gasteiger partial charge in [-0.3, -0.25) is 0 Å². The smallest absolute Gasteiger partial charge is 0.135 e. The van der Waals surface area contributed by atoms with Gasteiger partial charge in [-0.1, -0.05) is 35.9 Å². The van der Waals surface area contributed by atoms with Crippen molar-refractivity contribution < 1.29 is 0 Å². The van der Waals surface area contributed by atoms with Crippen molar-refractivity contribution in [2.45, 2.75) is 13.3 Å². The molecule has 21 heavy (non-hydrogen) atoms. The molecule has 0 radical (unpaired) electrons. The summed E-state index contributed by atoms with van der Waals surface area (Å²) in [7, 11) is 0. The Morgan fingerprint density at radius 3 is 3.05 bits per heavy atom. The van der Waals surface area contributed by atoms with Crippen LogP contribution in [0.5, 0.6) is 0 Å². The summed E-state index contributed by atoms with van der Waals surface area (Å²) >= 11 is 1.77. The average molecular weight is 293 g/mol. The molecule has 1 aliphatic carbocycles. The SMILES string of the molecule is CC1=CC=Cc2c(sc3c2C(N)=Nc2ccccc2N3)C1. The molecular weight excluding hydrogens is 278 g/mol. The number of nitrogens with zero attached hydrogens (tertiary/aromatic N) is 1. The lowest BCUT2D eigenvalue weighted by Gasteiger charge is -2.04. The Kier molecular flexibility index (Phi) is 2.72. The van der Waals surface area contributed by atoms with Crippen LogP contribution in [0.3, 0.4) is 0 Å². The summed E-state index contributed by atoms with van der Waals surface area (Å²) < 4.78 is 0. The fourth-order valence-electron chi connectivity index (χ4n) is 2.75. The van der Waals surface area contributed by atoms with Crippen molar-refractivity contribution in [1.29, 1.82) is 0 Å². The second-order valence-electron chi connectivity index (χ2n) is 5.33. The number of hydrogen-bond acceptors (Lipinski definition) is 4. The van der Waals surface area contributed by atoms with Gasteiger partial charge in [0.1, 0.15) is 10.8 Å². The fraction of sp³-hybridized carbons (Fsp3) is 0.118. The highest BCUT2D eigenvalue weighted by Gasteiger charge is 2.23. The van der Waals surface area contributed by atoms with Gasteiger partial charge in [-0.05, 0) is 19.1 Å². The van der Waals surface area contributed by atoms with Gasteiger partial charge >= 0.3 is 0 Å². The van der Waals surface area contributed by atoms with E-state index >= 15 is 0 Å². The van der Waals surface area contributed by atoms with Gasteiger partial charge in [-0.25, -0.2) is 4.99 Å². The summed E-state index contributed by atoms with van der Waals surface area (Å²) in [6.07, 6.45) is 7.36. The zero-order valence-electron chi connectivity index (χ0n) is 11.7. The zero-order valence-corrected chi connectivity index (χ0v) is 12.5. The summed E-state index contributed by atoms with van der Waals surface area (Å²) in [5, 5.41) is 4.58. The van der Waals surface area contributed by atoms with Crippen molar-refractivity contribution in [1.82, 2.24) is 0 Å². The highest BCUT2D eigenvalue weighted by atomic mass is 32.1. The van der Waals surface area contributed by atoms with E-state index in [9.17, 15) is 0 Å². The molecule has 3 N–H and O–H groups in total. The van der Waals surface area contributed by atoms with Crippen LogP contribution < -0.4 is 11.1 Å². The molecule has 2 heterocycles. The molecule has 0 amide bonds. The van der Waals surface area contributed by atoms with Crippen LogP contribution in [0.25, 0.3) is 6.08 Å². The number of para-hydroxylation sites is 2. The van der Waals surface area contributed by atoms with E-state index in [1.54, 1.807) is 11.3 Å². The van der Waals surface area contributed by atoms with E-state index in [4.69, 9.17) is 5.73 Å². The number of nitrogens with one attached hydrogen (secondary N) is 1. The molecule has 3 nitrogen and oxygen atoms in total. The minimum Gasteiger partial charge on any atom is -0.383 e. The van der Waals surface area contributed by atoms with E-state index in [1.165, 1.54) is 16.0 Å². The first kappa shape index (κ1) is 12.4. The summed E-state index contributed by atoms with van der Waals surface area (Å²) in [6.45, 7) is 2.16. The molecule has 4 heteroatoms. The van der Waals surface area contributed by atoms with Crippen LogP contribution in [-0.4, -0.2) is 5.84 Å². The Hall–Kier alpha value is -2.33. The Morgan fingerprint density at radius 2 is 2.14 bits per heavy atom. The third kappa shape index (κ3) is 1.99. The Morgan fingerprint density at radius 1 is 1.29 bits per heavy atom. The highest BCUT2D eigenvalue weighted by Crippen LogP contribution is 2.42. The predicted molar refractivity (Wildman–Crippen MR) is 90.9 cm³/mol. The van der Waals surface area contributed by atoms with Crippen LogP contribution in [0.2, 0.25) is 0 Å². The molecule has 0 spiro atoms. The number of amidine groups is 1. The number of aliphatic imine (C=N–C) groups is 1.